The highest BCUT2D eigenvalue weighted by Gasteiger charge is 2.23. The quantitative estimate of drug-likeness (QED) is 0.344. The summed E-state index contributed by atoms with van der Waals surface area (Å²) < 4.78 is 16.9. The Bertz CT molecular complexity index is 1070. The van der Waals surface area contributed by atoms with Crippen LogP contribution in [0.2, 0.25) is 0 Å². The van der Waals surface area contributed by atoms with E-state index in [2.05, 4.69) is 6.92 Å². The molecule has 1 atom stereocenters. The predicted octanol–water partition coefficient (Wildman–Crippen LogP) is 5.45. The molecule has 0 fully saturated rings. The highest BCUT2D eigenvalue weighted by molar-refractivity contribution is 5.86. The number of carbonyl (C=O) groups excluding carboxylic acids is 1. The Hall–Kier alpha value is -3.28. The van der Waals surface area contributed by atoms with Crippen LogP contribution in [0.15, 0.2) is 57.7 Å². The maximum absolute atomic E-state index is 12.6. The molecule has 3 aromatic rings. The molecule has 0 saturated carbocycles. The van der Waals surface area contributed by atoms with Crippen LogP contribution in [0, 0.1) is 0 Å². The Morgan fingerprint density at radius 1 is 1.06 bits per heavy atom. The zero-order valence-corrected chi connectivity index (χ0v) is 17.9. The minimum Gasteiger partial charge on any atom is -0.507 e. The molecule has 0 aliphatic heterocycles. The second-order valence-corrected chi connectivity index (χ2v) is 7.36. The standard InChI is InChI=1S/C25H28O6/c1-3-5-6-10-13-21(25(28)29-4-2)30-18-14-19(26)24-20(27)16-22(31-23(24)15-18)17-11-8-7-9-12-17/h7-9,11-12,14-16,21,26H,3-6,10,13H2,1-2H3/t21-/m1/s1. The highest BCUT2D eigenvalue weighted by Crippen LogP contribution is 2.32. The van der Waals surface area contributed by atoms with Crippen molar-refractivity contribution in [1.29, 1.82) is 0 Å². The van der Waals surface area contributed by atoms with E-state index in [9.17, 15) is 14.7 Å². The maximum Gasteiger partial charge on any atom is 0.347 e. The van der Waals surface area contributed by atoms with Crippen LogP contribution in [0.1, 0.15) is 46.0 Å². The van der Waals surface area contributed by atoms with Crippen molar-refractivity contribution >= 4 is 16.9 Å². The molecule has 3 rings (SSSR count). The molecule has 6 heteroatoms. The number of unbranched alkanes of at least 4 members (excludes halogenated alkanes) is 3. The molecule has 0 bridgehead atoms. The summed E-state index contributed by atoms with van der Waals surface area (Å²) in [5.74, 6) is -0.0735. The number of hydrogen-bond donors (Lipinski definition) is 1. The van der Waals surface area contributed by atoms with Gasteiger partial charge in [0.25, 0.3) is 0 Å². The third-order valence-corrected chi connectivity index (χ3v) is 4.99. The van der Waals surface area contributed by atoms with Crippen LogP contribution in [0.3, 0.4) is 0 Å². The first kappa shape index (κ1) is 22.4. The lowest BCUT2D eigenvalue weighted by Gasteiger charge is -2.18. The van der Waals surface area contributed by atoms with Gasteiger partial charge >= 0.3 is 5.97 Å². The SMILES string of the molecule is CCCCCC[C@@H](Oc1cc(O)c2c(=O)cc(-c3ccccc3)oc2c1)C(=O)OCC. The zero-order chi connectivity index (χ0) is 22.2. The Balaban J connectivity index is 1.92. The van der Waals surface area contributed by atoms with Crippen molar-refractivity contribution in [2.24, 2.45) is 0 Å². The van der Waals surface area contributed by atoms with Gasteiger partial charge < -0.3 is 19.0 Å². The fraction of sp³-hybridized carbons (Fsp3) is 0.360. The van der Waals surface area contributed by atoms with Crippen molar-refractivity contribution in [1.82, 2.24) is 0 Å². The third kappa shape index (κ3) is 5.66. The maximum atomic E-state index is 12.6. The number of carbonyl (C=O) groups is 1. The summed E-state index contributed by atoms with van der Waals surface area (Å²) in [6.07, 6.45) is 3.70. The number of ether oxygens (including phenoxy) is 2. The van der Waals surface area contributed by atoms with Crippen LogP contribution in [0.4, 0.5) is 0 Å². The number of esters is 1. The first-order chi connectivity index (χ1) is 15.0. The van der Waals surface area contributed by atoms with Crippen molar-refractivity contribution in [3.8, 4) is 22.8 Å². The average Bonchev–Trinajstić information content (AvgIpc) is 2.76. The van der Waals surface area contributed by atoms with Crippen molar-refractivity contribution < 1.29 is 23.8 Å². The van der Waals surface area contributed by atoms with Crippen LogP contribution in [-0.2, 0) is 9.53 Å². The Morgan fingerprint density at radius 2 is 1.84 bits per heavy atom. The Labute approximate surface area is 181 Å². The van der Waals surface area contributed by atoms with Gasteiger partial charge in [-0.25, -0.2) is 4.79 Å². The minimum atomic E-state index is -0.794. The molecule has 31 heavy (non-hydrogen) atoms. The summed E-state index contributed by atoms with van der Waals surface area (Å²) >= 11 is 0. The van der Waals surface area contributed by atoms with E-state index in [4.69, 9.17) is 13.9 Å². The summed E-state index contributed by atoms with van der Waals surface area (Å²) in [6, 6.07) is 13.4. The molecule has 0 radical (unpaired) electrons. The second kappa shape index (κ2) is 10.7. The predicted molar refractivity (Wildman–Crippen MR) is 119 cm³/mol. The van der Waals surface area contributed by atoms with Crippen LogP contribution in [0.5, 0.6) is 11.5 Å². The van der Waals surface area contributed by atoms with E-state index >= 15 is 0 Å². The molecule has 0 unspecified atom stereocenters. The number of benzene rings is 2. The van der Waals surface area contributed by atoms with Crippen molar-refractivity contribution in [3.63, 3.8) is 0 Å². The molecule has 0 spiro atoms. The lowest BCUT2D eigenvalue weighted by atomic mass is 10.1. The van der Waals surface area contributed by atoms with Gasteiger partial charge in [-0.15, -0.1) is 0 Å². The number of rotatable bonds is 10. The fourth-order valence-electron chi connectivity index (χ4n) is 3.44. The molecule has 0 amide bonds. The van der Waals surface area contributed by atoms with Gasteiger partial charge in [0.15, 0.2) is 11.5 Å². The van der Waals surface area contributed by atoms with Gasteiger partial charge in [0, 0.05) is 23.8 Å². The fourth-order valence-corrected chi connectivity index (χ4v) is 3.44. The molecule has 0 aliphatic carbocycles. The zero-order valence-electron chi connectivity index (χ0n) is 17.9. The molecule has 6 nitrogen and oxygen atoms in total. The molecule has 1 heterocycles. The number of aromatic hydroxyl groups is 1. The van der Waals surface area contributed by atoms with Gasteiger partial charge in [-0.3, -0.25) is 4.79 Å². The van der Waals surface area contributed by atoms with Gasteiger partial charge in [-0.1, -0.05) is 56.5 Å². The Morgan fingerprint density at radius 3 is 2.55 bits per heavy atom. The molecular formula is C25H28O6. The summed E-state index contributed by atoms with van der Waals surface area (Å²) in [4.78, 5) is 25.0. The molecule has 2 aromatic carbocycles. The van der Waals surface area contributed by atoms with E-state index in [1.54, 1.807) is 6.92 Å². The normalized spacial score (nSPS) is 11.9. The van der Waals surface area contributed by atoms with Gasteiger partial charge in [0.2, 0.25) is 0 Å². The monoisotopic (exact) mass is 424 g/mol. The first-order valence-electron chi connectivity index (χ1n) is 10.7. The lowest BCUT2D eigenvalue weighted by Crippen LogP contribution is -2.29. The van der Waals surface area contributed by atoms with E-state index < -0.39 is 12.1 Å². The van der Waals surface area contributed by atoms with Crippen LogP contribution >= 0.6 is 0 Å². The largest absolute Gasteiger partial charge is 0.507 e. The number of hydrogen-bond acceptors (Lipinski definition) is 6. The topological polar surface area (TPSA) is 86.0 Å². The van der Waals surface area contributed by atoms with Crippen LogP contribution in [-0.4, -0.2) is 23.8 Å². The smallest absolute Gasteiger partial charge is 0.347 e. The summed E-state index contributed by atoms with van der Waals surface area (Å²) in [5.41, 5.74) is 0.577. The molecule has 164 valence electrons. The first-order valence-corrected chi connectivity index (χ1v) is 10.7. The van der Waals surface area contributed by atoms with Gasteiger partial charge in [0.1, 0.15) is 28.2 Å². The van der Waals surface area contributed by atoms with E-state index in [0.29, 0.717) is 12.2 Å². The van der Waals surface area contributed by atoms with Gasteiger partial charge in [0.05, 0.1) is 6.61 Å². The molecular weight excluding hydrogens is 396 g/mol. The number of fused-ring (bicyclic) bond motifs is 1. The summed E-state index contributed by atoms with van der Waals surface area (Å²) in [7, 11) is 0. The molecule has 1 aromatic heterocycles. The van der Waals surface area contributed by atoms with Crippen molar-refractivity contribution in [3.05, 3.63) is 58.8 Å². The van der Waals surface area contributed by atoms with Crippen molar-refractivity contribution in [2.75, 3.05) is 6.61 Å². The number of phenols is 1. The van der Waals surface area contributed by atoms with E-state index in [1.807, 2.05) is 30.3 Å². The van der Waals surface area contributed by atoms with Crippen LogP contribution < -0.4 is 10.2 Å². The van der Waals surface area contributed by atoms with Crippen molar-refractivity contribution in [2.45, 2.75) is 52.1 Å². The molecule has 0 saturated heterocycles. The highest BCUT2D eigenvalue weighted by atomic mass is 16.6. The molecule has 1 N–H and O–H groups in total. The lowest BCUT2D eigenvalue weighted by molar-refractivity contribution is -0.151. The van der Waals surface area contributed by atoms with Crippen LogP contribution in [0.25, 0.3) is 22.3 Å². The number of phenolic OH excluding ortho intramolecular Hbond substituents is 1. The summed E-state index contributed by atoms with van der Waals surface area (Å²) in [5, 5.41) is 10.5. The minimum absolute atomic E-state index is 0.0719. The average molecular weight is 424 g/mol. The van der Waals surface area contributed by atoms with E-state index in [1.165, 1.54) is 18.2 Å². The van der Waals surface area contributed by atoms with E-state index in [0.717, 1.165) is 31.2 Å². The molecule has 0 aliphatic rings. The Kier molecular flexibility index (Phi) is 7.70. The second-order valence-electron chi connectivity index (χ2n) is 7.36. The van der Waals surface area contributed by atoms with Gasteiger partial charge in [-0.05, 0) is 19.8 Å². The van der Waals surface area contributed by atoms with Gasteiger partial charge in [-0.2, -0.15) is 0 Å². The van der Waals surface area contributed by atoms with E-state index in [-0.39, 0.29) is 34.5 Å². The summed E-state index contributed by atoms with van der Waals surface area (Å²) in [6.45, 7) is 4.12. The third-order valence-electron chi connectivity index (χ3n) is 4.99.